The number of amides is 2. The summed E-state index contributed by atoms with van der Waals surface area (Å²) in [6.07, 6.45) is 0.707. The number of benzene rings is 2. The molecule has 0 saturated carbocycles. The number of esters is 1. The van der Waals surface area contributed by atoms with E-state index in [0.29, 0.717) is 15.8 Å². The van der Waals surface area contributed by atoms with E-state index in [-0.39, 0.29) is 22.8 Å². The Labute approximate surface area is 223 Å². The molecule has 2 aliphatic heterocycles. The molecule has 12 heteroatoms. The summed E-state index contributed by atoms with van der Waals surface area (Å²) >= 11 is 5.80. The van der Waals surface area contributed by atoms with Gasteiger partial charge >= 0.3 is 5.97 Å². The molecule has 1 aromatic heterocycles. The van der Waals surface area contributed by atoms with E-state index in [1.165, 1.54) is 34.8 Å². The molecule has 2 amide bonds. The molecule has 1 saturated heterocycles. The van der Waals surface area contributed by atoms with E-state index >= 15 is 0 Å². The maximum Gasteiger partial charge on any atom is 0.356 e. The number of H-pyrrole nitrogens is 1. The van der Waals surface area contributed by atoms with Gasteiger partial charge in [0.15, 0.2) is 11.3 Å². The molecule has 0 aliphatic carbocycles. The molecule has 2 aliphatic rings. The first-order valence-corrected chi connectivity index (χ1v) is 13.9. The predicted molar refractivity (Wildman–Crippen MR) is 139 cm³/mol. The maximum absolute atomic E-state index is 13.8. The number of nitrogens with zero attached hydrogens (tertiary/aromatic N) is 3. The van der Waals surface area contributed by atoms with Gasteiger partial charge in [-0.2, -0.15) is 5.10 Å². The Morgan fingerprint density at radius 2 is 1.83 bits per heavy atom. The number of rotatable bonds is 8. The standard InChI is InChI=1S/C24H20BrN5O4S2/c25-11-17(31)28-18-21(32)30-19(16(12-35-22(18)30)36-24-26-13-27-29-24)23(33)34-20(14-7-3-1-4-8-14)15-9-5-2-6-10-15/h1-10,13,18,20,22H,11-12H2,(H,28,31)(H,26,27,29)/t18-,22+/m1/s1. The fourth-order valence-electron chi connectivity index (χ4n) is 3.98. The molecule has 3 heterocycles. The fraction of sp³-hybridized carbons (Fsp3) is 0.208. The van der Waals surface area contributed by atoms with Crippen LogP contribution in [-0.4, -0.2) is 60.4 Å². The van der Waals surface area contributed by atoms with Crippen LogP contribution in [0.25, 0.3) is 0 Å². The quantitative estimate of drug-likeness (QED) is 0.235. The number of alkyl halides is 1. The van der Waals surface area contributed by atoms with Crippen LogP contribution in [0, 0.1) is 0 Å². The topological polar surface area (TPSA) is 117 Å². The molecule has 1 fully saturated rings. The maximum atomic E-state index is 13.8. The molecular formula is C24H20BrN5O4S2. The first-order chi connectivity index (χ1) is 17.6. The van der Waals surface area contributed by atoms with Gasteiger partial charge in [0, 0.05) is 10.7 Å². The summed E-state index contributed by atoms with van der Waals surface area (Å²) in [5.74, 6) is -0.845. The number of carbonyl (C=O) groups is 3. The normalized spacial score (nSPS) is 19.1. The van der Waals surface area contributed by atoms with E-state index in [2.05, 4.69) is 36.4 Å². The minimum atomic E-state index is -0.710. The summed E-state index contributed by atoms with van der Waals surface area (Å²) in [4.78, 5) is 45.0. The van der Waals surface area contributed by atoms with Gasteiger partial charge in [-0.05, 0) is 11.1 Å². The molecule has 2 atom stereocenters. The molecule has 0 radical (unpaired) electrons. The highest BCUT2D eigenvalue weighted by atomic mass is 79.9. The van der Waals surface area contributed by atoms with Crippen molar-refractivity contribution in [3.63, 3.8) is 0 Å². The Hall–Kier alpha value is -3.09. The third kappa shape index (κ3) is 4.93. The largest absolute Gasteiger partial charge is 0.448 e. The average Bonchev–Trinajstić information content (AvgIpc) is 3.44. The Bertz CT molecular complexity index is 1250. The van der Waals surface area contributed by atoms with Crippen molar-refractivity contribution in [3.8, 4) is 0 Å². The van der Waals surface area contributed by atoms with Gasteiger partial charge < -0.3 is 10.1 Å². The van der Waals surface area contributed by atoms with Gasteiger partial charge in [0.05, 0.1) is 5.33 Å². The van der Waals surface area contributed by atoms with Crippen LogP contribution in [0.3, 0.4) is 0 Å². The minimum Gasteiger partial charge on any atom is -0.448 e. The van der Waals surface area contributed by atoms with Crippen LogP contribution in [0.4, 0.5) is 0 Å². The summed E-state index contributed by atoms with van der Waals surface area (Å²) < 4.78 is 6.10. The number of halogens is 1. The molecule has 5 rings (SSSR count). The average molecular weight is 586 g/mol. The molecule has 2 N–H and O–H groups in total. The second-order valence-corrected chi connectivity index (χ2v) is 10.6. The summed E-state index contributed by atoms with van der Waals surface area (Å²) in [7, 11) is 0. The van der Waals surface area contributed by atoms with E-state index in [4.69, 9.17) is 4.74 Å². The summed E-state index contributed by atoms with van der Waals surface area (Å²) in [6.45, 7) is 0. The molecule has 0 bridgehead atoms. The van der Waals surface area contributed by atoms with E-state index in [1.807, 2.05) is 60.7 Å². The second-order valence-electron chi connectivity index (χ2n) is 7.86. The molecule has 2 aromatic carbocycles. The zero-order valence-corrected chi connectivity index (χ0v) is 21.9. The van der Waals surface area contributed by atoms with Gasteiger partial charge in [0.25, 0.3) is 5.91 Å². The first-order valence-electron chi connectivity index (χ1n) is 10.9. The van der Waals surface area contributed by atoms with Gasteiger partial charge in [0.2, 0.25) is 5.91 Å². The predicted octanol–water partition coefficient (Wildman–Crippen LogP) is 3.24. The Balaban J connectivity index is 1.48. The van der Waals surface area contributed by atoms with Crippen LogP contribution in [0.2, 0.25) is 0 Å². The number of nitrogens with one attached hydrogen (secondary N) is 2. The van der Waals surface area contributed by atoms with Crippen molar-refractivity contribution in [2.45, 2.75) is 22.7 Å². The zero-order chi connectivity index (χ0) is 25.1. The molecular weight excluding hydrogens is 566 g/mol. The molecule has 36 heavy (non-hydrogen) atoms. The molecule has 0 spiro atoms. The minimum absolute atomic E-state index is 0.0847. The number of aromatic nitrogens is 3. The number of aromatic amines is 1. The lowest BCUT2D eigenvalue weighted by atomic mass is 10.0. The highest BCUT2D eigenvalue weighted by molar-refractivity contribution is 9.09. The number of β-lactam (4-membered cyclic amide) rings is 1. The van der Waals surface area contributed by atoms with Crippen LogP contribution in [0.1, 0.15) is 17.2 Å². The molecule has 184 valence electrons. The summed E-state index contributed by atoms with van der Waals surface area (Å²) in [5, 5.41) is 9.53. The number of carbonyl (C=O) groups excluding carboxylic acids is 3. The van der Waals surface area contributed by atoms with Crippen LogP contribution in [0.5, 0.6) is 0 Å². The Kier molecular flexibility index (Phi) is 7.44. The number of hydrogen-bond donors (Lipinski definition) is 2. The van der Waals surface area contributed by atoms with E-state index in [0.717, 1.165) is 11.1 Å². The molecule has 9 nitrogen and oxygen atoms in total. The third-order valence-electron chi connectivity index (χ3n) is 5.61. The molecule has 0 unspecified atom stereocenters. The van der Waals surface area contributed by atoms with Crippen molar-refractivity contribution in [3.05, 3.63) is 88.7 Å². The van der Waals surface area contributed by atoms with Gasteiger partial charge in [0.1, 0.15) is 23.4 Å². The second kappa shape index (κ2) is 10.9. The van der Waals surface area contributed by atoms with E-state index < -0.39 is 23.5 Å². The van der Waals surface area contributed by atoms with Crippen LogP contribution < -0.4 is 5.32 Å². The van der Waals surface area contributed by atoms with Gasteiger partial charge in [-0.25, -0.2) is 9.78 Å². The van der Waals surface area contributed by atoms with Gasteiger partial charge in [-0.15, -0.1) is 11.8 Å². The van der Waals surface area contributed by atoms with Crippen molar-refractivity contribution >= 4 is 57.2 Å². The third-order valence-corrected chi connectivity index (χ3v) is 8.55. The Morgan fingerprint density at radius 1 is 1.17 bits per heavy atom. The lowest BCUT2D eigenvalue weighted by molar-refractivity contribution is -0.154. The van der Waals surface area contributed by atoms with E-state index in [9.17, 15) is 14.4 Å². The highest BCUT2D eigenvalue weighted by Crippen LogP contribution is 2.45. The zero-order valence-electron chi connectivity index (χ0n) is 18.7. The van der Waals surface area contributed by atoms with Gasteiger partial charge in [-0.1, -0.05) is 88.4 Å². The van der Waals surface area contributed by atoms with Crippen molar-refractivity contribution in [1.82, 2.24) is 25.4 Å². The summed E-state index contributed by atoms with van der Waals surface area (Å²) in [5.41, 5.74) is 1.77. The van der Waals surface area contributed by atoms with Gasteiger partial charge in [-0.3, -0.25) is 19.6 Å². The number of ether oxygens (including phenoxy) is 1. The highest BCUT2D eigenvalue weighted by Gasteiger charge is 2.54. The smallest absolute Gasteiger partial charge is 0.356 e. The van der Waals surface area contributed by atoms with Crippen molar-refractivity contribution < 1.29 is 19.1 Å². The monoisotopic (exact) mass is 585 g/mol. The van der Waals surface area contributed by atoms with Crippen LogP contribution >= 0.6 is 39.5 Å². The van der Waals surface area contributed by atoms with Crippen molar-refractivity contribution in [2.75, 3.05) is 11.1 Å². The number of hydrogen-bond acceptors (Lipinski definition) is 8. The number of fused-ring (bicyclic) bond motifs is 1. The van der Waals surface area contributed by atoms with Crippen molar-refractivity contribution in [1.29, 1.82) is 0 Å². The number of thioether (sulfide) groups is 2. The fourth-order valence-corrected chi connectivity index (χ4v) is 6.48. The lowest BCUT2D eigenvalue weighted by Crippen LogP contribution is -2.70. The summed E-state index contributed by atoms with van der Waals surface area (Å²) in [6, 6.07) is 18.2. The Morgan fingerprint density at radius 3 is 2.42 bits per heavy atom. The van der Waals surface area contributed by atoms with E-state index in [1.54, 1.807) is 0 Å². The van der Waals surface area contributed by atoms with Crippen LogP contribution in [0.15, 0.2) is 82.7 Å². The molecule has 3 aromatic rings. The van der Waals surface area contributed by atoms with Crippen molar-refractivity contribution in [2.24, 2.45) is 0 Å². The SMILES string of the molecule is O=C(CBr)N[C@@H]1C(=O)N2C(C(=O)OC(c3ccccc3)c3ccccc3)=C(Sc3ncn[nH]3)CS[C@@H]12. The lowest BCUT2D eigenvalue weighted by Gasteiger charge is -2.49. The first kappa shape index (κ1) is 24.6. The van der Waals surface area contributed by atoms with Crippen LogP contribution in [-0.2, 0) is 19.1 Å².